The first kappa shape index (κ1) is 29.9. The van der Waals surface area contributed by atoms with Crippen molar-refractivity contribution in [2.75, 3.05) is 20.3 Å². The molecular formula is C32H33N3O7S. The van der Waals surface area contributed by atoms with Crippen LogP contribution in [0.25, 0.3) is 27.4 Å². The maximum atomic E-state index is 13.9. The maximum Gasteiger partial charge on any atom is 0.267 e. The van der Waals surface area contributed by atoms with Gasteiger partial charge in [0, 0.05) is 24.9 Å². The van der Waals surface area contributed by atoms with Gasteiger partial charge in [0.1, 0.15) is 5.75 Å². The molecule has 11 heteroatoms. The Morgan fingerprint density at radius 2 is 1.70 bits per heavy atom. The zero-order chi connectivity index (χ0) is 30.7. The molecule has 0 radical (unpaired) electrons. The molecule has 2 aromatic heterocycles. The number of nitrogens with one attached hydrogen (secondary N) is 2. The normalized spacial score (nSPS) is 12.4. The number of methoxy groups -OCH3 is 1. The van der Waals surface area contributed by atoms with E-state index in [-0.39, 0.29) is 5.56 Å². The summed E-state index contributed by atoms with van der Waals surface area (Å²) in [5.74, 6) is -0.199. The van der Waals surface area contributed by atoms with Crippen molar-refractivity contribution in [2.45, 2.75) is 32.6 Å². The first-order valence-corrected chi connectivity index (χ1v) is 15.5. The molecule has 5 rings (SSSR count). The van der Waals surface area contributed by atoms with Gasteiger partial charge in [-0.3, -0.25) is 18.9 Å². The second-order valence-electron chi connectivity index (χ2n) is 9.95. The van der Waals surface area contributed by atoms with Crippen LogP contribution in [0.15, 0.2) is 77.9 Å². The highest BCUT2D eigenvalue weighted by atomic mass is 32.2. The molecule has 0 unspecified atom stereocenters. The summed E-state index contributed by atoms with van der Waals surface area (Å²) in [6.07, 6.45) is 2.44. The smallest absolute Gasteiger partial charge is 0.267 e. The van der Waals surface area contributed by atoms with Gasteiger partial charge in [0.25, 0.3) is 11.5 Å². The fourth-order valence-electron chi connectivity index (χ4n) is 5.29. The van der Waals surface area contributed by atoms with Gasteiger partial charge in [-0.1, -0.05) is 42.5 Å². The van der Waals surface area contributed by atoms with Crippen LogP contribution in [0.1, 0.15) is 36.6 Å². The maximum absolute atomic E-state index is 13.9. The molecule has 224 valence electrons. The molecule has 0 spiro atoms. The van der Waals surface area contributed by atoms with Crippen LogP contribution < -0.4 is 19.8 Å². The number of aromatic nitrogens is 2. The molecule has 43 heavy (non-hydrogen) atoms. The zero-order valence-corrected chi connectivity index (χ0v) is 25.2. The number of hydrogen-bond donors (Lipinski definition) is 2. The van der Waals surface area contributed by atoms with Crippen LogP contribution in [0.2, 0.25) is 0 Å². The van der Waals surface area contributed by atoms with Crippen molar-refractivity contribution in [3.63, 3.8) is 0 Å². The second kappa shape index (κ2) is 12.3. The van der Waals surface area contributed by atoms with E-state index in [9.17, 15) is 18.0 Å². The average Bonchev–Trinajstić information content (AvgIpc) is 3.31. The van der Waals surface area contributed by atoms with E-state index < -0.39 is 27.8 Å². The Morgan fingerprint density at radius 1 is 0.977 bits per heavy atom. The number of sulfonamides is 1. The molecule has 1 atom stereocenters. The van der Waals surface area contributed by atoms with Gasteiger partial charge in [-0.15, -0.1) is 0 Å². The van der Waals surface area contributed by atoms with Crippen LogP contribution in [0.3, 0.4) is 0 Å². The lowest BCUT2D eigenvalue weighted by molar-refractivity contribution is -0.129. The summed E-state index contributed by atoms with van der Waals surface area (Å²) in [4.78, 5) is 29.9. The molecule has 3 aromatic carbocycles. The molecule has 0 aliphatic heterocycles. The van der Waals surface area contributed by atoms with Crippen molar-refractivity contribution < 1.29 is 27.4 Å². The number of amides is 1. The fraction of sp³-hybridized carbons (Fsp3) is 0.250. The first-order chi connectivity index (χ1) is 20.7. The molecule has 0 bridgehead atoms. The summed E-state index contributed by atoms with van der Waals surface area (Å²) < 4.78 is 46.8. The van der Waals surface area contributed by atoms with Crippen molar-refractivity contribution in [1.29, 1.82) is 0 Å². The zero-order valence-electron chi connectivity index (χ0n) is 24.3. The van der Waals surface area contributed by atoms with E-state index in [4.69, 9.17) is 14.2 Å². The lowest BCUT2D eigenvalue weighted by Crippen LogP contribution is -2.36. The van der Waals surface area contributed by atoms with Crippen LogP contribution >= 0.6 is 0 Å². The molecule has 0 fully saturated rings. The number of H-pyrrole nitrogens is 1. The average molecular weight is 604 g/mol. The number of nitrogens with zero attached hydrogens (tertiary/aromatic N) is 1. The van der Waals surface area contributed by atoms with Crippen LogP contribution in [-0.2, 0) is 25.3 Å². The predicted octanol–water partition coefficient (Wildman–Crippen LogP) is 4.91. The molecule has 0 aliphatic rings. The number of rotatable bonds is 11. The molecule has 10 nitrogen and oxygen atoms in total. The van der Waals surface area contributed by atoms with E-state index >= 15 is 0 Å². The third kappa shape index (κ3) is 5.86. The fourth-order valence-corrected chi connectivity index (χ4v) is 6.40. The topological polar surface area (TPSA) is 129 Å². The van der Waals surface area contributed by atoms with E-state index in [0.717, 1.165) is 10.9 Å². The molecule has 0 saturated carbocycles. The molecule has 2 heterocycles. The van der Waals surface area contributed by atoms with Gasteiger partial charge >= 0.3 is 0 Å². The molecule has 5 aromatic rings. The summed E-state index contributed by atoms with van der Waals surface area (Å²) in [5.41, 5.74) is 2.67. The summed E-state index contributed by atoms with van der Waals surface area (Å²) in [6, 6.07) is 17.4. The minimum absolute atomic E-state index is 0.285. The molecule has 0 saturated heterocycles. The monoisotopic (exact) mass is 603 g/mol. The van der Waals surface area contributed by atoms with Crippen LogP contribution in [-0.4, -0.2) is 44.2 Å². The van der Waals surface area contributed by atoms with Crippen LogP contribution in [0, 0.1) is 6.92 Å². The van der Waals surface area contributed by atoms with E-state index in [0.29, 0.717) is 57.9 Å². The number of fused-ring (bicyclic) bond motifs is 2. The highest BCUT2D eigenvalue weighted by Crippen LogP contribution is 2.41. The Morgan fingerprint density at radius 3 is 2.37 bits per heavy atom. The molecule has 2 N–H and O–H groups in total. The molecular weight excluding hydrogens is 570 g/mol. The third-order valence-corrected chi connectivity index (χ3v) is 8.27. The Bertz CT molecular complexity index is 1960. The number of carbonyl (C=O) groups is 1. The summed E-state index contributed by atoms with van der Waals surface area (Å²) in [7, 11) is -2.71. The number of aromatic amines is 1. The van der Waals surface area contributed by atoms with E-state index in [1.807, 2.05) is 26.0 Å². The van der Waals surface area contributed by atoms with Gasteiger partial charge in [-0.2, -0.15) is 0 Å². The van der Waals surface area contributed by atoms with Gasteiger partial charge in [0.2, 0.25) is 10.0 Å². The highest BCUT2D eigenvalue weighted by molar-refractivity contribution is 7.89. The van der Waals surface area contributed by atoms with Crippen molar-refractivity contribution in [2.24, 2.45) is 0 Å². The van der Waals surface area contributed by atoms with Gasteiger partial charge in [0.05, 0.1) is 40.9 Å². The van der Waals surface area contributed by atoms with Crippen molar-refractivity contribution >= 4 is 37.6 Å². The summed E-state index contributed by atoms with van der Waals surface area (Å²) in [5, 5.41) is 1.74. The number of hydrogen-bond acceptors (Lipinski definition) is 7. The molecule has 1 amide bonds. The summed E-state index contributed by atoms with van der Waals surface area (Å²) in [6.45, 7) is 6.30. The van der Waals surface area contributed by atoms with Crippen molar-refractivity contribution in [3.05, 3.63) is 100 Å². The van der Waals surface area contributed by atoms with E-state index in [2.05, 4.69) is 9.71 Å². The number of aryl methyl sites for hydroxylation is 1. The van der Waals surface area contributed by atoms with Crippen LogP contribution in [0.4, 0.5) is 0 Å². The highest BCUT2D eigenvalue weighted by Gasteiger charge is 2.26. The SMILES string of the molecule is CCOc1c2cn(-c3ccc(CS(=O)(=O)NC(=O)[C@@H](OC)c4ccccc4)cc3C)c(=O)c2c(OCC)c2ccc[nH]c12. The Kier molecular flexibility index (Phi) is 8.56. The Balaban J connectivity index is 1.49. The van der Waals surface area contributed by atoms with E-state index in [1.54, 1.807) is 67.8 Å². The third-order valence-electron chi connectivity index (χ3n) is 7.05. The van der Waals surface area contributed by atoms with Gasteiger partial charge in [-0.05, 0) is 55.7 Å². The second-order valence-corrected chi connectivity index (χ2v) is 11.7. The van der Waals surface area contributed by atoms with Gasteiger partial charge < -0.3 is 19.2 Å². The van der Waals surface area contributed by atoms with Crippen molar-refractivity contribution in [3.8, 4) is 17.2 Å². The number of ether oxygens (including phenoxy) is 3. The quantitative estimate of drug-likeness (QED) is 0.220. The Labute approximate surface area is 249 Å². The number of pyridine rings is 1. The number of carbonyl (C=O) groups excluding carboxylic acids is 1. The minimum atomic E-state index is -4.05. The van der Waals surface area contributed by atoms with Gasteiger partial charge in [0.15, 0.2) is 11.9 Å². The predicted molar refractivity (Wildman–Crippen MR) is 165 cm³/mol. The lowest BCUT2D eigenvalue weighted by Gasteiger charge is -2.16. The van der Waals surface area contributed by atoms with Crippen LogP contribution in [0.5, 0.6) is 11.5 Å². The van der Waals surface area contributed by atoms with Crippen molar-refractivity contribution in [1.82, 2.24) is 14.3 Å². The largest absolute Gasteiger partial charge is 0.492 e. The molecule has 0 aliphatic carbocycles. The first-order valence-electron chi connectivity index (χ1n) is 13.8. The minimum Gasteiger partial charge on any atom is -0.492 e. The summed E-state index contributed by atoms with van der Waals surface area (Å²) >= 11 is 0. The number of benzene rings is 3. The Hall–Kier alpha value is -4.61. The van der Waals surface area contributed by atoms with E-state index in [1.165, 1.54) is 11.7 Å². The van der Waals surface area contributed by atoms with Gasteiger partial charge in [-0.25, -0.2) is 8.42 Å². The standard InChI is InChI=1S/C32H33N3O7S/c1-5-41-29-23-13-10-16-33-27(23)30(42-6-2)24-18-35(32(37)26(24)29)25-15-14-21(17-20(25)3)19-43(38,39)34-31(36)28(40-4)22-11-8-7-9-12-22/h7-18,28,33H,5-6,19H2,1-4H3,(H,34,36)/t28-/m0/s1. The lowest BCUT2D eigenvalue weighted by atomic mass is 10.1.